The number of phosphoric acid groups is 1. The summed E-state index contributed by atoms with van der Waals surface area (Å²) in [7, 11) is -13.8. The maximum Gasteiger partial charge on any atom is 0.469 e. The minimum Gasteiger partial charge on any atom is -0.346 e. The number of rotatable bonds is 15. The Bertz CT molecular complexity index is 3450. The van der Waals surface area contributed by atoms with E-state index in [9.17, 15) is 71.1 Å². The van der Waals surface area contributed by atoms with Crippen molar-refractivity contribution < 1.29 is 84.4 Å². The normalized spacial score (nSPS) is 17.0. The number of carbonyl (C=O) groups excluding carboxylic acids is 1. The Hall–Kier alpha value is -5.74. The number of sulfonamides is 1. The molecule has 0 bridgehead atoms. The van der Waals surface area contributed by atoms with Gasteiger partial charge >= 0.3 is 26.1 Å². The summed E-state index contributed by atoms with van der Waals surface area (Å²) in [6.45, 7) is -2.90. The van der Waals surface area contributed by atoms with Crippen molar-refractivity contribution in [3.63, 3.8) is 0 Å². The highest BCUT2D eigenvalue weighted by atomic mass is 35.5. The number of aromatic nitrogens is 5. The maximum atomic E-state index is 15.7. The number of hydrogen-bond donors (Lipinski definition) is 3. The second-order valence-corrected chi connectivity index (χ2v) is 23.1. The number of amides is 1. The zero-order valence-electron chi connectivity index (χ0n) is 37.2. The predicted molar refractivity (Wildman–Crippen MR) is 236 cm³/mol. The van der Waals surface area contributed by atoms with E-state index in [2.05, 4.69) is 48.7 Å². The molecule has 2 aliphatic rings. The van der Waals surface area contributed by atoms with Crippen molar-refractivity contribution in [2.45, 2.75) is 68.3 Å². The largest absolute Gasteiger partial charge is 0.469 e. The van der Waals surface area contributed by atoms with Gasteiger partial charge in [-0.2, -0.15) is 45.3 Å². The van der Waals surface area contributed by atoms with Crippen LogP contribution < -0.4 is 9.62 Å². The van der Waals surface area contributed by atoms with Crippen molar-refractivity contribution in [3.05, 3.63) is 93.0 Å². The van der Waals surface area contributed by atoms with Crippen LogP contribution in [0.25, 0.3) is 22.0 Å². The molecule has 2 aliphatic carbocycles. The van der Waals surface area contributed by atoms with Gasteiger partial charge in [0, 0.05) is 29.0 Å². The molecule has 3 heterocycles. The first-order valence-corrected chi connectivity index (χ1v) is 26.1. The van der Waals surface area contributed by atoms with Crippen LogP contribution in [-0.2, 0) is 65.4 Å². The van der Waals surface area contributed by atoms with Crippen LogP contribution >= 0.6 is 19.4 Å². The number of anilines is 1. The molecule has 5 aromatic rings. The van der Waals surface area contributed by atoms with E-state index in [-0.39, 0.29) is 31.7 Å². The fraction of sp³-hybridized carbons (Fsp3) is 0.381. The van der Waals surface area contributed by atoms with Gasteiger partial charge in [0.05, 0.1) is 53.0 Å². The molecule has 3 N–H and O–H groups in total. The molecule has 30 heteroatoms. The van der Waals surface area contributed by atoms with Crippen LogP contribution in [0.5, 0.6) is 0 Å². The molecule has 7 rings (SSSR count). The fourth-order valence-electron chi connectivity index (χ4n) is 7.89. The van der Waals surface area contributed by atoms with Crippen LogP contribution in [0.1, 0.15) is 59.7 Å². The number of nitrogens with zero attached hydrogens (tertiary/aromatic N) is 6. The lowest BCUT2D eigenvalue weighted by Crippen LogP contribution is -2.36. The molecule has 0 fully saturated rings. The lowest BCUT2D eigenvalue weighted by Gasteiger charge is -2.24. The first-order valence-electron chi connectivity index (χ1n) is 20.5. The Labute approximate surface area is 406 Å². The van der Waals surface area contributed by atoms with Crippen molar-refractivity contribution in [2.24, 2.45) is 5.92 Å². The van der Waals surface area contributed by atoms with Gasteiger partial charge in [0.25, 0.3) is 0 Å². The lowest BCUT2D eigenvalue weighted by atomic mass is 9.84. The number of nitrogens with one attached hydrogen (secondary N) is 1. The number of fused-ring (bicyclic) bond motifs is 4. The van der Waals surface area contributed by atoms with Crippen LogP contribution in [0.2, 0.25) is 5.02 Å². The van der Waals surface area contributed by atoms with Crippen molar-refractivity contribution in [1.82, 2.24) is 29.9 Å². The minimum absolute atomic E-state index is 0.121. The number of sulfone groups is 1. The van der Waals surface area contributed by atoms with Crippen LogP contribution in [0.3, 0.4) is 0 Å². The topological polar surface area (TPSA) is 216 Å². The summed E-state index contributed by atoms with van der Waals surface area (Å²) in [5.41, 5.74) is -6.36. The van der Waals surface area contributed by atoms with E-state index in [0.717, 1.165) is 42.7 Å². The van der Waals surface area contributed by atoms with E-state index in [0.29, 0.717) is 16.6 Å². The van der Waals surface area contributed by atoms with E-state index < -0.39 is 163 Å². The highest BCUT2D eigenvalue weighted by Crippen LogP contribution is 2.58. The third-order valence-electron chi connectivity index (χ3n) is 11.3. The minimum atomic E-state index is -5.30. The summed E-state index contributed by atoms with van der Waals surface area (Å²) in [6, 6.07) is 4.62. The van der Waals surface area contributed by atoms with E-state index in [1.165, 1.54) is 13.8 Å². The summed E-state index contributed by atoms with van der Waals surface area (Å²) in [6.07, 6.45) is -9.74. The van der Waals surface area contributed by atoms with Crippen molar-refractivity contribution >= 4 is 61.9 Å². The van der Waals surface area contributed by atoms with Crippen LogP contribution in [0.15, 0.2) is 42.5 Å². The SMILES string of the molecule is CC(C)(C#Cc1ccc(-c2ccc(Cl)c3c(N(CCOP(=O)(O)O)S(C)(=O)=O)nn(CC(F)(F)F)c23)c([C@H](Cc2cc(F)cc(F)c2)NC(=O)Cn2nc(C(F)(F)F)c3c2C(F)(F)[C@@H]2C#C[C@H]32)n1)S(C)(=O)=O. The monoisotopic (exact) mass is 1100 g/mol. The lowest BCUT2D eigenvalue weighted by molar-refractivity contribution is -0.143. The van der Waals surface area contributed by atoms with Gasteiger partial charge in [-0.1, -0.05) is 35.4 Å². The van der Waals surface area contributed by atoms with Crippen LogP contribution in [0.4, 0.5) is 49.7 Å². The van der Waals surface area contributed by atoms with Gasteiger partial charge < -0.3 is 15.1 Å². The average molecular weight is 1100 g/mol. The van der Waals surface area contributed by atoms with E-state index in [1.54, 1.807) is 0 Å². The highest BCUT2D eigenvalue weighted by molar-refractivity contribution is 7.92. The number of benzene rings is 2. The first-order chi connectivity index (χ1) is 33.0. The zero-order valence-corrected chi connectivity index (χ0v) is 40.4. The van der Waals surface area contributed by atoms with Gasteiger partial charge in [-0.05, 0) is 62.1 Å². The first kappa shape index (κ1) is 54.0. The van der Waals surface area contributed by atoms with Gasteiger partial charge in [-0.3, -0.25) is 18.7 Å². The molecule has 3 aromatic heterocycles. The Balaban J connectivity index is 1.48. The zero-order chi connectivity index (χ0) is 53.5. The van der Waals surface area contributed by atoms with Crippen molar-refractivity contribution in [1.29, 1.82) is 0 Å². The van der Waals surface area contributed by atoms with Gasteiger partial charge in [0.15, 0.2) is 21.3 Å². The molecule has 0 unspecified atom stereocenters. The van der Waals surface area contributed by atoms with Crippen molar-refractivity contribution in [2.75, 3.05) is 30.0 Å². The Morgan fingerprint density at radius 2 is 1.62 bits per heavy atom. The van der Waals surface area contributed by atoms with Crippen molar-refractivity contribution in [3.8, 4) is 34.8 Å². The molecule has 72 heavy (non-hydrogen) atoms. The predicted octanol–water partition coefficient (Wildman–Crippen LogP) is 6.78. The van der Waals surface area contributed by atoms with E-state index >= 15 is 8.78 Å². The Morgan fingerprint density at radius 3 is 2.18 bits per heavy atom. The third-order valence-corrected chi connectivity index (χ3v) is 15.2. The summed E-state index contributed by atoms with van der Waals surface area (Å²) < 4.78 is 214. The average Bonchev–Trinajstić information content (AvgIpc) is 3.79. The van der Waals surface area contributed by atoms with Gasteiger partial charge in [-0.15, -0.1) is 0 Å². The van der Waals surface area contributed by atoms with Gasteiger partial charge in [0.1, 0.15) is 46.8 Å². The summed E-state index contributed by atoms with van der Waals surface area (Å²) in [5, 5.41) is 8.66. The molecule has 0 spiro atoms. The Kier molecular flexibility index (Phi) is 14.0. The number of halogens is 11. The third kappa shape index (κ3) is 11.1. The number of alkyl halides is 8. The van der Waals surface area contributed by atoms with E-state index in [4.69, 9.17) is 11.6 Å². The molecule has 0 radical (unpaired) electrons. The molecule has 1 amide bonds. The van der Waals surface area contributed by atoms with Crippen LogP contribution in [-0.4, -0.2) is 93.7 Å². The van der Waals surface area contributed by atoms with Gasteiger partial charge in [-0.25, -0.2) is 39.5 Å². The molecule has 0 saturated carbocycles. The van der Waals surface area contributed by atoms with Crippen LogP contribution in [0, 0.1) is 41.2 Å². The number of phosphoric ester groups is 1. The summed E-state index contributed by atoms with van der Waals surface area (Å²) in [4.78, 5) is 37.2. The smallest absolute Gasteiger partial charge is 0.346 e. The maximum absolute atomic E-state index is 15.7. The van der Waals surface area contributed by atoms with E-state index in [1.807, 2.05) is 0 Å². The molecule has 2 aromatic carbocycles. The molecule has 3 atom stereocenters. The molecular formula is C42H35ClF10N7O9PS2. The standard InChI is InChI=1S/C42H35ClF10N7O9PS2/c1-39(2,71(3,65)66)12-11-24-5-6-25(26-8-10-29(43)33-35(26)59(20-40(46,47)48)57-38(33)60(72(4,67)68)13-14-69-70(62,63)64)34(54-24)30(17-21-15-22(44)18-23(45)16-21)55-31(61)19-58-37-32(36(56-58)42(51,52)53)27-7-9-28(27)41(37,49)50/h5-6,8,10,15-16,18,27-28,30H,13-14,17,19-20H2,1-4H3,(H,55,61)(H2,62,63,64)/t27-,28+,30-/m0/s1. The number of hydrogen-bond acceptors (Lipinski definition) is 10. The molecule has 386 valence electrons. The molecular weight excluding hydrogens is 1070 g/mol. The Morgan fingerprint density at radius 1 is 0.986 bits per heavy atom. The molecule has 0 saturated heterocycles. The summed E-state index contributed by atoms with van der Waals surface area (Å²) in [5.74, 6) is -2.58. The van der Waals surface area contributed by atoms with Gasteiger partial charge in [0.2, 0.25) is 15.9 Å². The second kappa shape index (κ2) is 18.6. The molecule has 0 aliphatic heterocycles. The number of carbonyl (C=O) groups is 1. The molecule has 16 nitrogen and oxygen atoms in total. The number of pyridine rings is 1. The fourth-order valence-corrected chi connectivity index (χ4v) is 9.53. The highest BCUT2D eigenvalue weighted by Gasteiger charge is 2.62. The quantitative estimate of drug-likeness (QED) is 0.0562. The second-order valence-electron chi connectivity index (χ2n) is 17.0. The summed E-state index contributed by atoms with van der Waals surface area (Å²) >= 11 is 6.59.